The van der Waals surface area contributed by atoms with Gasteiger partial charge in [0.1, 0.15) is 33.0 Å². The molecule has 3 N–H and O–H groups in total. The van der Waals surface area contributed by atoms with Crippen molar-refractivity contribution in [2.24, 2.45) is 27.7 Å². The second-order valence-electron chi connectivity index (χ2n) is 9.96. The van der Waals surface area contributed by atoms with Crippen LogP contribution in [-0.4, -0.2) is 51.8 Å². The van der Waals surface area contributed by atoms with Crippen LogP contribution in [0.25, 0.3) is 0 Å². The Morgan fingerprint density at radius 3 is 1.64 bits per heavy atom. The monoisotopic (exact) mass is 529 g/mol. The summed E-state index contributed by atoms with van der Waals surface area (Å²) in [7, 11) is 0. The summed E-state index contributed by atoms with van der Waals surface area (Å²) in [6.07, 6.45) is 0. The van der Waals surface area contributed by atoms with Gasteiger partial charge in [0.2, 0.25) is 0 Å². The minimum Gasteiger partial charge on any atom is -0.341 e. The summed E-state index contributed by atoms with van der Waals surface area (Å²) < 4.78 is 0. The van der Waals surface area contributed by atoms with Crippen LogP contribution in [0.4, 0.5) is 0 Å². The lowest BCUT2D eigenvalue weighted by Gasteiger charge is -2.21. The molecule has 2 aromatic heterocycles. The molecule has 36 heavy (non-hydrogen) atoms. The van der Waals surface area contributed by atoms with Gasteiger partial charge < -0.3 is 16.0 Å². The number of fused-ring (bicyclic) bond motifs is 5. The molecule has 3 atom stereocenters. The lowest BCUT2D eigenvalue weighted by molar-refractivity contribution is -0.115. The van der Waals surface area contributed by atoms with Crippen LogP contribution in [0, 0.1) is 17.8 Å². The Bertz CT molecular complexity index is 1230. The predicted molar refractivity (Wildman–Crippen MR) is 141 cm³/mol. The number of nitrogens with one attached hydrogen (secondary N) is 3. The van der Waals surface area contributed by atoms with E-state index in [1.165, 1.54) is 22.7 Å². The number of thiazole rings is 2. The van der Waals surface area contributed by atoms with Gasteiger partial charge >= 0.3 is 0 Å². The third-order valence-electron chi connectivity index (χ3n) is 6.08. The first-order valence-electron chi connectivity index (χ1n) is 12.0. The van der Waals surface area contributed by atoms with Crippen LogP contribution in [0.1, 0.15) is 84.6 Å². The summed E-state index contributed by atoms with van der Waals surface area (Å²) in [5.74, 6) is -0.549. The van der Waals surface area contributed by atoms with E-state index in [-0.39, 0.29) is 65.2 Å². The molecule has 3 amide bonds. The minimum atomic E-state index is -0.477. The van der Waals surface area contributed by atoms with E-state index in [1.807, 2.05) is 41.5 Å². The zero-order valence-electron chi connectivity index (χ0n) is 21.2. The van der Waals surface area contributed by atoms with Gasteiger partial charge in [-0.3, -0.25) is 19.4 Å². The van der Waals surface area contributed by atoms with Gasteiger partial charge in [0.15, 0.2) is 0 Å². The Morgan fingerprint density at radius 1 is 0.722 bits per heavy atom. The summed E-state index contributed by atoms with van der Waals surface area (Å²) in [6, 6.07) is -1.26. The van der Waals surface area contributed by atoms with Crippen molar-refractivity contribution >= 4 is 51.9 Å². The standard InChI is InChI=1S/C24H31N7O3S2/c1-10(2)16-19-25-7-13(26-19)20(32)30-17(11(3)4)23-28-15(9-36-23)22(34)31-18(12(5)6)24-27-14(8-35-24)21(33)29-16/h8-12,16-18H,7H2,1-6H3,(H,29,33)(H,30,32)(H,31,34)/t16-,17-,18-/m0/s1. The van der Waals surface area contributed by atoms with Crippen molar-refractivity contribution in [3.63, 3.8) is 0 Å². The summed E-state index contributed by atoms with van der Waals surface area (Å²) in [4.78, 5) is 57.3. The topological polar surface area (TPSA) is 138 Å². The SMILES string of the molecule is CC(C)[C@@H]1NC(=O)c2csc(n2)[C@H](C(C)C)NC(=O)c2csc(n2)[C@H](C(C)C)NC(=O)C2=NC1=NC2. The van der Waals surface area contributed by atoms with E-state index in [1.54, 1.807) is 10.8 Å². The predicted octanol–water partition coefficient (Wildman–Crippen LogP) is 3.16. The van der Waals surface area contributed by atoms with E-state index in [2.05, 4.69) is 35.9 Å². The van der Waals surface area contributed by atoms with Crippen molar-refractivity contribution in [2.45, 2.75) is 59.7 Å². The van der Waals surface area contributed by atoms with Gasteiger partial charge in [-0.25, -0.2) is 15.0 Å². The fourth-order valence-electron chi connectivity index (χ4n) is 3.94. The summed E-state index contributed by atoms with van der Waals surface area (Å²) >= 11 is 2.66. The van der Waals surface area contributed by atoms with Gasteiger partial charge in [0, 0.05) is 10.8 Å². The number of carbonyl (C=O) groups is 3. The number of rotatable bonds is 3. The van der Waals surface area contributed by atoms with Gasteiger partial charge in [-0.2, -0.15) is 0 Å². The molecule has 192 valence electrons. The third-order valence-corrected chi connectivity index (χ3v) is 7.94. The number of aliphatic imine (C=N–C) groups is 2. The van der Waals surface area contributed by atoms with Crippen LogP contribution in [-0.2, 0) is 4.79 Å². The molecule has 0 saturated heterocycles. The summed E-state index contributed by atoms with van der Waals surface area (Å²) in [5, 5.41) is 13.7. The maximum absolute atomic E-state index is 13.1. The maximum atomic E-state index is 13.1. The van der Waals surface area contributed by atoms with Crippen LogP contribution in [0.15, 0.2) is 20.7 Å². The normalized spacial score (nSPS) is 23.1. The number of nitrogens with zero attached hydrogens (tertiary/aromatic N) is 4. The Hall–Kier alpha value is -2.99. The van der Waals surface area contributed by atoms with Crippen molar-refractivity contribution in [3.05, 3.63) is 32.2 Å². The molecule has 0 unspecified atom stereocenters. The largest absolute Gasteiger partial charge is 0.341 e. The van der Waals surface area contributed by atoms with Crippen LogP contribution in [0.2, 0.25) is 0 Å². The second kappa shape index (κ2) is 10.6. The Labute approximate surface area is 218 Å². The van der Waals surface area contributed by atoms with Gasteiger partial charge in [-0.05, 0) is 17.8 Å². The Kier molecular flexibility index (Phi) is 7.65. The zero-order valence-corrected chi connectivity index (χ0v) is 22.8. The molecule has 4 rings (SSSR count). The fraction of sp³-hybridized carbons (Fsp3) is 0.542. The molecule has 2 aliphatic rings. The van der Waals surface area contributed by atoms with E-state index in [4.69, 9.17) is 0 Å². The fourth-order valence-corrected chi connectivity index (χ4v) is 5.98. The molecule has 10 nitrogen and oxygen atoms in total. The van der Waals surface area contributed by atoms with E-state index in [0.717, 1.165) is 0 Å². The molecule has 0 fully saturated rings. The van der Waals surface area contributed by atoms with Gasteiger partial charge in [0.05, 0.1) is 24.7 Å². The highest BCUT2D eigenvalue weighted by atomic mass is 32.1. The lowest BCUT2D eigenvalue weighted by atomic mass is 10.0. The number of aromatic nitrogens is 2. The Morgan fingerprint density at radius 2 is 1.17 bits per heavy atom. The molecule has 0 aromatic carbocycles. The van der Waals surface area contributed by atoms with Crippen molar-refractivity contribution in [3.8, 4) is 0 Å². The zero-order chi connectivity index (χ0) is 26.1. The van der Waals surface area contributed by atoms with Crippen molar-refractivity contribution in [1.82, 2.24) is 25.9 Å². The van der Waals surface area contributed by atoms with Crippen molar-refractivity contribution in [2.75, 3.05) is 6.54 Å². The smallest absolute Gasteiger partial charge is 0.271 e. The van der Waals surface area contributed by atoms with Crippen LogP contribution in [0.5, 0.6) is 0 Å². The molecule has 0 saturated carbocycles. The molecule has 6 bridgehead atoms. The minimum absolute atomic E-state index is 0.0117. The van der Waals surface area contributed by atoms with E-state index >= 15 is 0 Å². The second-order valence-corrected chi connectivity index (χ2v) is 11.7. The maximum Gasteiger partial charge on any atom is 0.271 e. The molecular weight excluding hydrogens is 498 g/mol. The molecule has 0 spiro atoms. The van der Waals surface area contributed by atoms with E-state index in [0.29, 0.717) is 15.9 Å². The highest BCUT2D eigenvalue weighted by Crippen LogP contribution is 2.28. The molecular formula is C24H31N7O3S2. The van der Waals surface area contributed by atoms with Crippen molar-refractivity contribution < 1.29 is 14.4 Å². The molecule has 2 aliphatic heterocycles. The number of amides is 3. The number of hydrogen-bond acceptors (Lipinski definition) is 9. The highest BCUT2D eigenvalue weighted by Gasteiger charge is 2.32. The molecule has 12 heteroatoms. The van der Waals surface area contributed by atoms with Gasteiger partial charge in [-0.15, -0.1) is 22.7 Å². The molecule has 2 aromatic rings. The van der Waals surface area contributed by atoms with Crippen LogP contribution >= 0.6 is 22.7 Å². The van der Waals surface area contributed by atoms with Gasteiger partial charge in [0.25, 0.3) is 17.7 Å². The average Bonchev–Trinajstić information content (AvgIpc) is 3.58. The first kappa shape index (κ1) is 26.1. The summed E-state index contributed by atoms with van der Waals surface area (Å²) in [6.45, 7) is 12.0. The van der Waals surface area contributed by atoms with E-state index in [9.17, 15) is 14.4 Å². The van der Waals surface area contributed by atoms with Crippen LogP contribution in [0.3, 0.4) is 0 Å². The Balaban J connectivity index is 1.76. The number of carbonyl (C=O) groups excluding carboxylic acids is 3. The van der Waals surface area contributed by atoms with Gasteiger partial charge in [-0.1, -0.05) is 41.5 Å². The lowest BCUT2D eigenvalue weighted by Crippen LogP contribution is -2.44. The average molecular weight is 530 g/mol. The number of hydrogen-bond donors (Lipinski definition) is 3. The first-order valence-corrected chi connectivity index (χ1v) is 13.8. The van der Waals surface area contributed by atoms with Crippen LogP contribution < -0.4 is 16.0 Å². The van der Waals surface area contributed by atoms with Crippen molar-refractivity contribution in [1.29, 1.82) is 0 Å². The number of amidine groups is 1. The quantitative estimate of drug-likeness (QED) is 0.561. The third kappa shape index (κ3) is 5.39. The molecule has 0 aliphatic carbocycles. The summed E-state index contributed by atoms with van der Waals surface area (Å²) in [5.41, 5.74) is 0.819. The first-order chi connectivity index (χ1) is 17.0. The molecule has 4 heterocycles. The highest BCUT2D eigenvalue weighted by molar-refractivity contribution is 7.10. The van der Waals surface area contributed by atoms with E-state index < -0.39 is 12.1 Å². The molecule has 0 radical (unpaired) electrons.